The van der Waals surface area contributed by atoms with Crippen molar-refractivity contribution in [2.75, 3.05) is 26.2 Å². The molecule has 2 aliphatic heterocycles. The third kappa shape index (κ3) is 5.48. The molecule has 3 heterocycles. The number of rotatable bonds is 8. The van der Waals surface area contributed by atoms with Crippen LogP contribution in [0.1, 0.15) is 30.0 Å². The molecule has 1 fully saturated rings. The van der Waals surface area contributed by atoms with Gasteiger partial charge in [0, 0.05) is 41.4 Å². The fraction of sp³-hybridized carbons (Fsp3) is 0.409. The second-order valence-corrected chi connectivity index (χ2v) is 9.57. The highest BCUT2D eigenvalue weighted by Crippen LogP contribution is 2.38. The molecular weight excluding hydrogens is 518 g/mol. The molecule has 7 nitrogen and oxygen atoms in total. The summed E-state index contributed by atoms with van der Waals surface area (Å²) in [7, 11) is 0. The van der Waals surface area contributed by atoms with Gasteiger partial charge in [-0.05, 0) is 29.7 Å². The van der Waals surface area contributed by atoms with E-state index < -0.39 is 24.9 Å². The number of likely N-dealkylation sites (tertiary alicyclic amines) is 1. The van der Waals surface area contributed by atoms with E-state index in [1.54, 1.807) is 12.3 Å². The molecule has 1 saturated heterocycles. The number of nitrogens with zero attached hydrogens (tertiary/aromatic N) is 3. The Kier molecular flexibility index (Phi) is 7.52. The van der Waals surface area contributed by atoms with Gasteiger partial charge >= 0.3 is 5.97 Å². The molecule has 0 aliphatic carbocycles. The van der Waals surface area contributed by atoms with Crippen molar-refractivity contribution < 1.29 is 23.4 Å². The van der Waals surface area contributed by atoms with Crippen molar-refractivity contribution in [1.82, 2.24) is 15.2 Å². The summed E-state index contributed by atoms with van der Waals surface area (Å²) in [6.45, 7) is 2.33. The van der Waals surface area contributed by atoms with Crippen LogP contribution in [0, 0.1) is 5.82 Å². The van der Waals surface area contributed by atoms with Gasteiger partial charge in [-0.2, -0.15) is 0 Å². The predicted octanol–water partition coefficient (Wildman–Crippen LogP) is 3.92. The van der Waals surface area contributed by atoms with E-state index in [9.17, 15) is 13.6 Å². The van der Waals surface area contributed by atoms with E-state index in [1.807, 2.05) is 17.2 Å². The summed E-state index contributed by atoms with van der Waals surface area (Å²) in [5.41, 5.74) is 2.71. The Labute approximate surface area is 202 Å². The highest BCUT2D eigenvalue weighted by molar-refractivity contribution is 9.10. The lowest BCUT2D eigenvalue weighted by Gasteiger charge is -2.30. The van der Waals surface area contributed by atoms with Crippen LogP contribution in [-0.2, 0) is 9.53 Å². The largest absolute Gasteiger partial charge is 0.480 e. The monoisotopic (exact) mass is 540 g/mol. The summed E-state index contributed by atoms with van der Waals surface area (Å²) in [4.78, 5) is 22.0. The summed E-state index contributed by atoms with van der Waals surface area (Å²) in [5.74, 6) is -0.861. The van der Waals surface area contributed by atoms with Crippen molar-refractivity contribution in [2.24, 2.45) is 4.99 Å². The summed E-state index contributed by atoms with van der Waals surface area (Å²) in [6.07, 6.45) is 0.318. The van der Waals surface area contributed by atoms with Gasteiger partial charge < -0.3 is 15.2 Å². The standard InChI is InChI=1S/C22H23BrF2N4O3S/c1-2-13-17(9-29-8-16(25)18(10-29)32-11-19(30)31)27-21(22-26-5-6-33-22)28-20(13)14-4-3-12(24)7-15(14)23/h3-7,16,18,20H,2,8-11H2,1H3,(H,27,28)(H,30,31)/t16?,18?,20-/m1/s1. The van der Waals surface area contributed by atoms with Crippen LogP contribution in [0.2, 0.25) is 0 Å². The quantitative estimate of drug-likeness (QED) is 0.527. The molecule has 2 aliphatic rings. The fourth-order valence-electron chi connectivity index (χ4n) is 4.10. The highest BCUT2D eigenvalue weighted by Gasteiger charge is 2.36. The van der Waals surface area contributed by atoms with Crippen molar-refractivity contribution in [3.05, 3.63) is 61.9 Å². The summed E-state index contributed by atoms with van der Waals surface area (Å²) < 4.78 is 34.1. The lowest BCUT2D eigenvalue weighted by atomic mass is 9.93. The average Bonchev–Trinajstić information content (AvgIpc) is 3.42. The summed E-state index contributed by atoms with van der Waals surface area (Å²) in [5, 5.41) is 14.8. The zero-order chi connectivity index (χ0) is 23.5. The van der Waals surface area contributed by atoms with Crippen molar-refractivity contribution in [3.8, 4) is 0 Å². The van der Waals surface area contributed by atoms with Crippen LogP contribution in [0.25, 0.3) is 0 Å². The lowest BCUT2D eigenvalue weighted by Crippen LogP contribution is -2.37. The van der Waals surface area contributed by atoms with Crippen LogP contribution in [-0.4, -0.2) is 65.3 Å². The first-order valence-corrected chi connectivity index (χ1v) is 12.1. The number of aliphatic carboxylic acids is 1. The zero-order valence-electron chi connectivity index (χ0n) is 17.8. The average molecular weight is 541 g/mol. The number of aromatic nitrogens is 1. The first-order chi connectivity index (χ1) is 15.9. The minimum Gasteiger partial charge on any atom is -0.480 e. The van der Waals surface area contributed by atoms with E-state index >= 15 is 0 Å². The van der Waals surface area contributed by atoms with E-state index in [1.165, 1.54) is 23.5 Å². The number of amidine groups is 1. The van der Waals surface area contributed by atoms with Gasteiger partial charge in [0.05, 0.1) is 0 Å². The maximum atomic E-state index is 14.5. The van der Waals surface area contributed by atoms with Crippen LogP contribution in [0.15, 0.2) is 50.5 Å². The maximum absolute atomic E-state index is 14.5. The second kappa shape index (κ2) is 10.4. The number of halogens is 3. The number of aliphatic imine (C=N–C) groups is 1. The Morgan fingerprint density at radius 3 is 2.91 bits per heavy atom. The van der Waals surface area contributed by atoms with Crippen molar-refractivity contribution in [1.29, 1.82) is 0 Å². The Morgan fingerprint density at radius 2 is 2.24 bits per heavy atom. The van der Waals surface area contributed by atoms with E-state index in [2.05, 4.69) is 26.2 Å². The molecule has 0 saturated carbocycles. The van der Waals surface area contributed by atoms with Gasteiger partial charge in [-0.25, -0.2) is 18.6 Å². The van der Waals surface area contributed by atoms with Crippen molar-refractivity contribution in [2.45, 2.75) is 31.7 Å². The Bertz CT molecular complexity index is 1080. The Balaban J connectivity index is 1.63. The molecule has 1 aromatic carbocycles. The van der Waals surface area contributed by atoms with Crippen LogP contribution in [0.4, 0.5) is 8.78 Å². The number of nitrogens with one attached hydrogen (secondary N) is 1. The van der Waals surface area contributed by atoms with Gasteiger partial charge in [-0.15, -0.1) is 11.3 Å². The molecule has 0 spiro atoms. The number of carboxylic acid groups (broad SMARTS) is 1. The van der Waals surface area contributed by atoms with Crippen molar-refractivity contribution >= 4 is 39.1 Å². The molecule has 0 bridgehead atoms. The molecule has 1 aromatic heterocycles. The molecule has 2 unspecified atom stereocenters. The summed E-state index contributed by atoms with van der Waals surface area (Å²) >= 11 is 4.92. The predicted molar refractivity (Wildman–Crippen MR) is 125 cm³/mol. The number of carbonyl (C=O) groups is 1. The number of hydrogen-bond acceptors (Lipinski definition) is 7. The minimum absolute atomic E-state index is 0.140. The van der Waals surface area contributed by atoms with Gasteiger partial charge in [0.1, 0.15) is 30.7 Å². The molecule has 0 amide bonds. The molecule has 176 valence electrons. The van der Waals surface area contributed by atoms with Crippen LogP contribution in [0.3, 0.4) is 0 Å². The Hall–Kier alpha value is -2.21. The molecule has 2 aromatic rings. The molecular formula is C22H23BrF2N4O3S. The minimum atomic E-state index is -1.27. The molecule has 3 atom stereocenters. The third-order valence-electron chi connectivity index (χ3n) is 5.59. The molecule has 0 radical (unpaired) electrons. The molecule has 2 N–H and O–H groups in total. The van der Waals surface area contributed by atoms with Crippen LogP contribution >= 0.6 is 27.3 Å². The molecule has 11 heteroatoms. The Morgan fingerprint density at radius 1 is 1.42 bits per heavy atom. The first-order valence-electron chi connectivity index (χ1n) is 10.5. The molecule has 4 rings (SSSR count). The normalized spacial score (nSPS) is 23.5. The summed E-state index contributed by atoms with van der Waals surface area (Å²) in [6, 6.07) is 4.19. The van der Waals surface area contributed by atoms with Gasteiger partial charge in [0.2, 0.25) is 0 Å². The number of carboxylic acids is 1. The number of ether oxygens (including phenoxy) is 1. The van der Waals surface area contributed by atoms with Gasteiger partial charge in [0.25, 0.3) is 0 Å². The van der Waals surface area contributed by atoms with Gasteiger partial charge in [0.15, 0.2) is 10.8 Å². The third-order valence-corrected chi connectivity index (χ3v) is 7.06. The van der Waals surface area contributed by atoms with Crippen LogP contribution in [0.5, 0.6) is 0 Å². The highest BCUT2D eigenvalue weighted by atomic mass is 79.9. The zero-order valence-corrected chi connectivity index (χ0v) is 20.2. The SMILES string of the molecule is CCC1=C(CN2CC(F)C(OCC(=O)O)C2)NC(c2nccs2)=N[C@H]1c1ccc(F)cc1Br. The topological polar surface area (TPSA) is 87.0 Å². The van der Waals surface area contributed by atoms with E-state index in [4.69, 9.17) is 14.8 Å². The number of thiazole rings is 1. The van der Waals surface area contributed by atoms with E-state index in [0.717, 1.165) is 21.8 Å². The van der Waals surface area contributed by atoms with Gasteiger partial charge in [-0.1, -0.05) is 28.9 Å². The van der Waals surface area contributed by atoms with Crippen LogP contribution < -0.4 is 5.32 Å². The lowest BCUT2D eigenvalue weighted by molar-refractivity contribution is -0.144. The maximum Gasteiger partial charge on any atom is 0.329 e. The fourth-order valence-corrected chi connectivity index (χ4v) is 5.26. The first kappa shape index (κ1) is 23.9. The smallest absolute Gasteiger partial charge is 0.329 e. The van der Waals surface area contributed by atoms with Gasteiger partial charge in [-0.3, -0.25) is 9.89 Å². The second-order valence-electron chi connectivity index (χ2n) is 7.82. The number of hydrogen-bond donors (Lipinski definition) is 2. The van der Waals surface area contributed by atoms with E-state index in [0.29, 0.717) is 23.3 Å². The van der Waals surface area contributed by atoms with E-state index in [-0.39, 0.29) is 24.9 Å². The molecule has 33 heavy (non-hydrogen) atoms. The number of benzene rings is 1. The number of alkyl halides is 1. The van der Waals surface area contributed by atoms with Crippen molar-refractivity contribution in [3.63, 3.8) is 0 Å².